The Morgan fingerprint density at radius 1 is 0.774 bits per heavy atom. The molecule has 2 heterocycles. The van der Waals surface area contributed by atoms with E-state index in [1.54, 1.807) is 40.1 Å². The highest BCUT2D eigenvalue weighted by Gasteiger charge is 2.25. The number of para-hydroxylation sites is 1. The number of nitrogens with zero attached hydrogens (tertiary/aromatic N) is 4. The van der Waals surface area contributed by atoms with Crippen molar-refractivity contribution in [1.82, 2.24) is 19.6 Å². The van der Waals surface area contributed by atoms with E-state index in [0.717, 1.165) is 0 Å². The summed E-state index contributed by atoms with van der Waals surface area (Å²) < 4.78 is 15.2. The first kappa shape index (κ1) is 20.5. The number of carbonyl (C=O) groups excluding carboxylic acids is 2. The van der Waals surface area contributed by atoms with Crippen molar-refractivity contribution in [3.63, 3.8) is 0 Å². The van der Waals surface area contributed by atoms with Crippen LogP contribution in [0.4, 0.5) is 4.39 Å². The minimum absolute atomic E-state index is 0.0267. The summed E-state index contributed by atoms with van der Waals surface area (Å²) in [5.74, 6) is -1.26. The fourth-order valence-corrected chi connectivity index (χ4v) is 3.57. The van der Waals surface area contributed by atoms with Crippen molar-refractivity contribution in [2.24, 2.45) is 0 Å². The third-order valence-corrected chi connectivity index (χ3v) is 5.19. The van der Waals surface area contributed by atoms with Gasteiger partial charge < -0.3 is 9.80 Å². The number of hydrogen-bond acceptors (Lipinski definition) is 4. The number of hydrogen-bond donors (Lipinski definition) is 0. The van der Waals surface area contributed by atoms with Crippen molar-refractivity contribution in [1.29, 1.82) is 0 Å². The van der Waals surface area contributed by atoms with E-state index in [1.807, 2.05) is 6.07 Å². The normalized spacial score (nSPS) is 14.2. The zero-order valence-corrected chi connectivity index (χ0v) is 16.8. The van der Waals surface area contributed by atoms with Gasteiger partial charge in [0.2, 0.25) is 0 Å². The predicted molar refractivity (Wildman–Crippen MR) is 113 cm³/mol. The lowest BCUT2D eigenvalue weighted by molar-refractivity contribution is 0.0712. The van der Waals surface area contributed by atoms with Gasteiger partial charge in [-0.15, -0.1) is 0 Å². The molecule has 3 aromatic rings. The Hall–Kier alpha value is -3.81. The summed E-state index contributed by atoms with van der Waals surface area (Å²) in [6.45, 7) is 1.45. The van der Waals surface area contributed by atoms with Gasteiger partial charge in [0.15, 0.2) is 0 Å². The van der Waals surface area contributed by atoms with E-state index in [1.165, 1.54) is 35.0 Å². The van der Waals surface area contributed by atoms with Crippen molar-refractivity contribution in [2.45, 2.75) is 6.42 Å². The van der Waals surface area contributed by atoms with E-state index in [2.05, 4.69) is 5.10 Å². The van der Waals surface area contributed by atoms with Gasteiger partial charge in [0, 0.05) is 32.2 Å². The minimum atomic E-state index is -0.558. The molecule has 0 N–H and O–H groups in total. The largest absolute Gasteiger partial charge is 0.337 e. The van der Waals surface area contributed by atoms with Crippen LogP contribution < -0.4 is 5.56 Å². The van der Waals surface area contributed by atoms with Crippen LogP contribution in [0, 0.1) is 5.82 Å². The molecule has 0 unspecified atom stereocenters. The highest BCUT2D eigenvalue weighted by atomic mass is 19.1. The molecule has 2 aromatic carbocycles. The van der Waals surface area contributed by atoms with E-state index < -0.39 is 5.82 Å². The van der Waals surface area contributed by atoms with Gasteiger partial charge in [0.1, 0.15) is 11.5 Å². The Labute approximate surface area is 178 Å². The Morgan fingerprint density at radius 3 is 2.13 bits per heavy atom. The van der Waals surface area contributed by atoms with Gasteiger partial charge in [-0.25, -0.2) is 4.39 Å². The van der Waals surface area contributed by atoms with Crippen LogP contribution in [0.5, 0.6) is 0 Å². The monoisotopic (exact) mass is 420 g/mol. The summed E-state index contributed by atoms with van der Waals surface area (Å²) >= 11 is 0. The number of benzene rings is 2. The van der Waals surface area contributed by atoms with Gasteiger partial charge >= 0.3 is 0 Å². The van der Waals surface area contributed by atoms with Crippen LogP contribution >= 0.6 is 0 Å². The highest BCUT2D eigenvalue weighted by Crippen LogP contribution is 2.14. The molecule has 1 fully saturated rings. The van der Waals surface area contributed by atoms with Crippen LogP contribution in [0.25, 0.3) is 5.69 Å². The number of halogens is 1. The average Bonchev–Trinajstić information content (AvgIpc) is 3.06. The first-order chi connectivity index (χ1) is 15.0. The van der Waals surface area contributed by atoms with Crippen molar-refractivity contribution in [3.8, 4) is 5.69 Å². The second-order valence-electron chi connectivity index (χ2n) is 7.22. The SMILES string of the molecule is O=C(c1ccc(=O)n(-c2ccccc2)n1)N1CCCN(C(=O)c2ccccc2F)CC1. The third kappa shape index (κ3) is 4.37. The van der Waals surface area contributed by atoms with Crippen molar-refractivity contribution in [2.75, 3.05) is 26.2 Å². The molecule has 8 heteroatoms. The third-order valence-electron chi connectivity index (χ3n) is 5.19. The summed E-state index contributed by atoms with van der Waals surface area (Å²) in [6.07, 6.45) is 0.560. The maximum absolute atomic E-state index is 14.0. The van der Waals surface area contributed by atoms with Gasteiger partial charge in [-0.3, -0.25) is 14.4 Å². The quantitative estimate of drug-likeness (QED) is 0.652. The molecule has 1 saturated heterocycles. The van der Waals surface area contributed by atoms with Gasteiger partial charge in [-0.05, 0) is 36.8 Å². The molecule has 1 aromatic heterocycles. The molecule has 1 aliphatic heterocycles. The summed E-state index contributed by atoms with van der Waals surface area (Å²) in [6, 6.07) is 17.5. The lowest BCUT2D eigenvalue weighted by atomic mass is 10.2. The van der Waals surface area contributed by atoms with Crippen LogP contribution in [0.1, 0.15) is 27.3 Å². The molecule has 7 nitrogen and oxygen atoms in total. The lowest BCUT2D eigenvalue weighted by Gasteiger charge is -2.22. The van der Waals surface area contributed by atoms with Crippen LogP contribution in [0.3, 0.4) is 0 Å². The molecule has 31 heavy (non-hydrogen) atoms. The van der Waals surface area contributed by atoms with E-state index in [9.17, 15) is 18.8 Å². The van der Waals surface area contributed by atoms with Gasteiger partial charge in [-0.2, -0.15) is 9.78 Å². The Kier molecular flexibility index (Phi) is 5.88. The highest BCUT2D eigenvalue weighted by molar-refractivity contribution is 5.95. The average molecular weight is 420 g/mol. The number of rotatable bonds is 3. The first-order valence-electron chi connectivity index (χ1n) is 10.0. The summed E-state index contributed by atoms with van der Waals surface area (Å²) in [5.41, 5.74) is 0.413. The second kappa shape index (κ2) is 8.91. The lowest BCUT2D eigenvalue weighted by Crippen LogP contribution is -2.38. The molecule has 0 atom stereocenters. The topological polar surface area (TPSA) is 75.5 Å². The van der Waals surface area contributed by atoms with E-state index in [-0.39, 0.29) is 35.2 Å². The fraction of sp³-hybridized carbons (Fsp3) is 0.217. The number of carbonyl (C=O) groups is 2. The summed E-state index contributed by atoms with van der Waals surface area (Å²) in [4.78, 5) is 41.1. The molecule has 2 amide bonds. The summed E-state index contributed by atoms with van der Waals surface area (Å²) in [7, 11) is 0. The van der Waals surface area contributed by atoms with E-state index >= 15 is 0 Å². The van der Waals surface area contributed by atoms with Crippen LogP contribution in [-0.4, -0.2) is 57.6 Å². The molecule has 0 radical (unpaired) electrons. The molecular weight excluding hydrogens is 399 g/mol. The number of aromatic nitrogens is 2. The van der Waals surface area contributed by atoms with E-state index in [4.69, 9.17) is 0 Å². The second-order valence-corrected chi connectivity index (χ2v) is 7.22. The van der Waals surface area contributed by atoms with Crippen LogP contribution in [0.15, 0.2) is 71.5 Å². The molecule has 0 spiro atoms. The predicted octanol–water partition coefficient (Wildman–Crippen LogP) is 2.36. The zero-order chi connectivity index (χ0) is 21.8. The molecule has 0 saturated carbocycles. The smallest absolute Gasteiger partial charge is 0.274 e. The molecule has 0 bridgehead atoms. The maximum atomic E-state index is 14.0. The minimum Gasteiger partial charge on any atom is -0.337 e. The van der Waals surface area contributed by atoms with Gasteiger partial charge in [0.05, 0.1) is 11.3 Å². The van der Waals surface area contributed by atoms with Crippen LogP contribution in [-0.2, 0) is 0 Å². The molecule has 1 aliphatic rings. The van der Waals surface area contributed by atoms with Crippen molar-refractivity contribution < 1.29 is 14.0 Å². The zero-order valence-electron chi connectivity index (χ0n) is 16.8. The van der Waals surface area contributed by atoms with Crippen LogP contribution in [0.2, 0.25) is 0 Å². The van der Waals surface area contributed by atoms with Crippen molar-refractivity contribution >= 4 is 11.8 Å². The molecule has 0 aliphatic carbocycles. The fourth-order valence-electron chi connectivity index (χ4n) is 3.57. The molecular formula is C23H21FN4O3. The van der Waals surface area contributed by atoms with E-state index in [0.29, 0.717) is 31.7 Å². The molecule has 4 rings (SSSR count). The maximum Gasteiger partial charge on any atom is 0.274 e. The van der Waals surface area contributed by atoms with Crippen molar-refractivity contribution in [3.05, 3.63) is 94.2 Å². The van der Waals surface area contributed by atoms with Gasteiger partial charge in [-0.1, -0.05) is 30.3 Å². The Morgan fingerprint density at radius 2 is 1.42 bits per heavy atom. The number of amides is 2. The Bertz CT molecular complexity index is 1160. The summed E-state index contributed by atoms with van der Waals surface area (Å²) in [5, 5.41) is 4.24. The standard InChI is InChI=1S/C23H21FN4O3/c24-19-10-5-4-9-18(19)22(30)26-13-6-14-27(16-15-26)23(31)20-11-12-21(29)28(25-20)17-7-2-1-3-8-17/h1-5,7-12H,6,13-16H2. The van der Waals surface area contributed by atoms with Gasteiger partial charge in [0.25, 0.3) is 17.4 Å². The molecule has 158 valence electrons. The first-order valence-corrected chi connectivity index (χ1v) is 10.0. The Balaban J connectivity index is 1.50.